The summed E-state index contributed by atoms with van der Waals surface area (Å²) in [4.78, 5) is 13.9. The van der Waals surface area contributed by atoms with Crippen molar-refractivity contribution in [3.8, 4) is 0 Å². The topological polar surface area (TPSA) is 55.6 Å². The molecule has 0 aromatic heterocycles. The molecule has 0 aromatic carbocycles. The fourth-order valence-electron chi connectivity index (χ4n) is 2.17. The first-order valence-electron chi connectivity index (χ1n) is 7.21. The van der Waals surface area contributed by atoms with E-state index in [9.17, 15) is 4.79 Å². The van der Waals surface area contributed by atoms with Crippen molar-refractivity contribution < 1.29 is 9.53 Å². The third-order valence-electron chi connectivity index (χ3n) is 3.27. The van der Waals surface area contributed by atoms with Gasteiger partial charge in [0.15, 0.2) is 0 Å². The molecule has 4 nitrogen and oxygen atoms in total. The maximum atomic E-state index is 11.5. The van der Waals surface area contributed by atoms with Gasteiger partial charge in [-0.15, -0.1) is 0 Å². The maximum absolute atomic E-state index is 11.5. The highest BCUT2D eigenvalue weighted by Gasteiger charge is 2.14. The fourth-order valence-corrected chi connectivity index (χ4v) is 2.17. The Balaban J connectivity index is 2.08. The Bertz CT molecular complexity index is 238. The van der Waals surface area contributed by atoms with Crippen LogP contribution in [0.4, 0.5) is 0 Å². The molecule has 1 rings (SSSR count). The van der Waals surface area contributed by atoms with Crippen LogP contribution in [-0.2, 0) is 9.53 Å². The molecule has 0 bridgehead atoms. The lowest BCUT2D eigenvalue weighted by molar-refractivity contribution is -0.145. The summed E-state index contributed by atoms with van der Waals surface area (Å²) in [6.07, 6.45) is 5.18. The number of piperidine rings is 1. The fraction of sp³-hybridized carbons (Fsp3) is 0.929. The van der Waals surface area contributed by atoms with Gasteiger partial charge in [-0.1, -0.05) is 20.3 Å². The molecular formula is C14H28N2O2. The van der Waals surface area contributed by atoms with Crippen molar-refractivity contribution in [1.82, 2.24) is 4.90 Å². The molecule has 1 aliphatic rings. The van der Waals surface area contributed by atoms with Crippen LogP contribution in [0.5, 0.6) is 0 Å². The van der Waals surface area contributed by atoms with Crippen LogP contribution in [0.25, 0.3) is 0 Å². The first-order valence-corrected chi connectivity index (χ1v) is 7.21. The van der Waals surface area contributed by atoms with Gasteiger partial charge in [0.1, 0.15) is 0 Å². The van der Waals surface area contributed by atoms with Gasteiger partial charge in [-0.05, 0) is 44.8 Å². The number of esters is 1. The Kier molecular flexibility index (Phi) is 7.28. The average Bonchev–Trinajstić information content (AvgIpc) is 2.35. The second-order valence-corrected chi connectivity index (χ2v) is 5.73. The van der Waals surface area contributed by atoms with Crippen LogP contribution in [0.15, 0.2) is 0 Å². The van der Waals surface area contributed by atoms with E-state index < -0.39 is 0 Å². The second kappa shape index (κ2) is 8.48. The number of hydrogen-bond acceptors (Lipinski definition) is 4. The van der Waals surface area contributed by atoms with Crippen LogP contribution in [0.1, 0.15) is 46.0 Å². The molecule has 1 atom stereocenters. The summed E-state index contributed by atoms with van der Waals surface area (Å²) < 4.78 is 5.13. The lowest BCUT2D eigenvalue weighted by Gasteiger charge is -2.27. The van der Waals surface area contributed by atoms with Crippen LogP contribution < -0.4 is 5.73 Å². The number of nitrogens with two attached hydrogens (primary N) is 1. The zero-order chi connectivity index (χ0) is 13.4. The van der Waals surface area contributed by atoms with Crippen molar-refractivity contribution in [3.63, 3.8) is 0 Å². The quantitative estimate of drug-likeness (QED) is 0.705. The maximum Gasteiger partial charge on any atom is 0.307 e. The van der Waals surface area contributed by atoms with Crippen molar-refractivity contribution >= 4 is 5.97 Å². The summed E-state index contributed by atoms with van der Waals surface area (Å²) in [5.74, 6) is 0.230. The number of hydrogen-bond donors (Lipinski definition) is 1. The monoisotopic (exact) mass is 256 g/mol. The summed E-state index contributed by atoms with van der Waals surface area (Å²) in [7, 11) is 0. The van der Waals surface area contributed by atoms with E-state index in [2.05, 4.69) is 4.90 Å². The van der Waals surface area contributed by atoms with Gasteiger partial charge < -0.3 is 15.4 Å². The predicted octanol–water partition coefficient (Wildman–Crippen LogP) is 1.78. The van der Waals surface area contributed by atoms with Gasteiger partial charge in [0.05, 0.1) is 13.0 Å². The molecule has 0 amide bonds. The van der Waals surface area contributed by atoms with Gasteiger partial charge in [0.2, 0.25) is 0 Å². The van der Waals surface area contributed by atoms with Crippen LogP contribution in [-0.4, -0.2) is 43.2 Å². The molecule has 1 aliphatic heterocycles. The SMILES string of the molecule is CC(C)COC(=O)C[C@@H](N)CCN1CCCCC1. The molecule has 106 valence electrons. The van der Waals surface area contributed by atoms with Gasteiger partial charge in [0, 0.05) is 6.04 Å². The molecule has 1 fully saturated rings. The standard InChI is InChI=1S/C14H28N2O2/c1-12(2)11-18-14(17)10-13(15)6-9-16-7-4-3-5-8-16/h12-13H,3-11,15H2,1-2H3/t13-/m0/s1. The van der Waals surface area contributed by atoms with E-state index in [0.29, 0.717) is 18.9 Å². The zero-order valence-electron chi connectivity index (χ0n) is 11.9. The molecule has 0 saturated carbocycles. The molecule has 1 saturated heterocycles. The van der Waals surface area contributed by atoms with E-state index in [1.54, 1.807) is 0 Å². The number of likely N-dealkylation sites (tertiary alicyclic amines) is 1. The van der Waals surface area contributed by atoms with E-state index in [1.807, 2.05) is 13.8 Å². The van der Waals surface area contributed by atoms with Crippen molar-refractivity contribution in [3.05, 3.63) is 0 Å². The van der Waals surface area contributed by atoms with Gasteiger partial charge in [0.25, 0.3) is 0 Å². The van der Waals surface area contributed by atoms with Gasteiger partial charge in [-0.2, -0.15) is 0 Å². The van der Waals surface area contributed by atoms with Crippen molar-refractivity contribution in [2.45, 2.75) is 52.0 Å². The Hall–Kier alpha value is -0.610. The Morgan fingerprint density at radius 3 is 2.56 bits per heavy atom. The molecule has 18 heavy (non-hydrogen) atoms. The molecule has 0 aromatic rings. The molecule has 2 N–H and O–H groups in total. The van der Waals surface area contributed by atoms with Gasteiger partial charge in [-0.3, -0.25) is 4.79 Å². The first-order chi connectivity index (χ1) is 8.58. The highest BCUT2D eigenvalue weighted by atomic mass is 16.5. The lowest BCUT2D eigenvalue weighted by atomic mass is 10.1. The van der Waals surface area contributed by atoms with Crippen LogP contribution in [0.3, 0.4) is 0 Å². The molecule has 1 heterocycles. The summed E-state index contributed by atoms with van der Waals surface area (Å²) in [6, 6.07) is -0.0633. The largest absolute Gasteiger partial charge is 0.465 e. The van der Waals surface area contributed by atoms with E-state index >= 15 is 0 Å². The van der Waals surface area contributed by atoms with Gasteiger partial charge in [-0.25, -0.2) is 0 Å². The van der Waals surface area contributed by atoms with Crippen molar-refractivity contribution in [2.24, 2.45) is 11.7 Å². The number of nitrogens with zero attached hydrogens (tertiary/aromatic N) is 1. The molecular weight excluding hydrogens is 228 g/mol. The molecule has 0 unspecified atom stereocenters. The average molecular weight is 256 g/mol. The smallest absolute Gasteiger partial charge is 0.307 e. The number of rotatable bonds is 7. The van der Waals surface area contributed by atoms with E-state index in [-0.39, 0.29) is 12.0 Å². The molecule has 0 radical (unpaired) electrons. The Morgan fingerprint density at radius 2 is 1.94 bits per heavy atom. The molecule has 0 aliphatic carbocycles. The van der Waals surface area contributed by atoms with Crippen LogP contribution >= 0.6 is 0 Å². The van der Waals surface area contributed by atoms with Crippen LogP contribution in [0.2, 0.25) is 0 Å². The van der Waals surface area contributed by atoms with E-state index in [0.717, 1.165) is 13.0 Å². The lowest BCUT2D eigenvalue weighted by Crippen LogP contribution is -2.35. The number of carbonyl (C=O) groups is 1. The van der Waals surface area contributed by atoms with Crippen LogP contribution in [0, 0.1) is 5.92 Å². The van der Waals surface area contributed by atoms with E-state index in [4.69, 9.17) is 10.5 Å². The minimum atomic E-state index is -0.158. The van der Waals surface area contributed by atoms with Gasteiger partial charge >= 0.3 is 5.97 Å². The minimum absolute atomic E-state index is 0.0633. The molecule has 0 spiro atoms. The summed E-state index contributed by atoms with van der Waals surface area (Å²) in [6.45, 7) is 7.94. The molecule has 4 heteroatoms. The van der Waals surface area contributed by atoms with Crippen molar-refractivity contribution in [1.29, 1.82) is 0 Å². The Morgan fingerprint density at radius 1 is 1.28 bits per heavy atom. The zero-order valence-corrected chi connectivity index (χ0v) is 11.9. The minimum Gasteiger partial charge on any atom is -0.465 e. The summed E-state index contributed by atoms with van der Waals surface area (Å²) in [5, 5.41) is 0. The predicted molar refractivity (Wildman–Crippen MR) is 73.3 cm³/mol. The van der Waals surface area contributed by atoms with Crippen molar-refractivity contribution in [2.75, 3.05) is 26.2 Å². The summed E-state index contributed by atoms with van der Waals surface area (Å²) >= 11 is 0. The Labute approximate surface area is 111 Å². The third-order valence-corrected chi connectivity index (χ3v) is 3.27. The highest BCUT2D eigenvalue weighted by Crippen LogP contribution is 2.10. The summed E-state index contributed by atoms with van der Waals surface area (Å²) in [5.41, 5.74) is 5.97. The highest BCUT2D eigenvalue weighted by molar-refractivity contribution is 5.70. The second-order valence-electron chi connectivity index (χ2n) is 5.73. The normalized spacial score (nSPS) is 18.9. The van der Waals surface area contributed by atoms with E-state index in [1.165, 1.54) is 32.4 Å². The number of ether oxygens (including phenoxy) is 1. The first kappa shape index (κ1) is 15.4. The third kappa shape index (κ3) is 6.97. The number of carbonyl (C=O) groups excluding carboxylic acids is 1.